The minimum absolute atomic E-state index is 0.310. The van der Waals surface area contributed by atoms with E-state index in [-0.39, 0.29) is 0 Å². The molecule has 0 aromatic carbocycles. The van der Waals surface area contributed by atoms with Crippen LogP contribution >= 0.6 is 0 Å². The van der Waals surface area contributed by atoms with Gasteiger partial charge in [0.1, 0.15) is 11.9 Å². The molecule has 0 amide bonds. The first-order chi connectivity index (χ1) is 8.88. The third kappa shape index (κ3) is 4.27. The van der Waals surface area contributed by atoms with E-state index >= 15 is 0 Å². The molecule has 0 aliphatic carbocycles. The first-order valence-electron chi connectivity index (χ1n) is 6.78. The van der Waals surface area contributed by atoms with E-state index < -0.39 is 0 Å². The molecule has 0 bridgehead atoms. The van der Waals surface area contributed by atoms with Crippen LogP contribution in [0.3, 0.4) is 0 Å². The van der Waals surface area contributed by atoms with Gasteiger partial charge in [-0.25, -0.2) is 0 Å². The quantitative estimate of drug-likeness (QED) is 0.748. The molecule has 2 heterocycles. The summed E-state index contributed by atoms with van der Waals surface area (Å²) in [6.07, 6.45) is 8.14. The number of aromatic nitrogens is 1. The van der Waals surface area contributed by atoms with Gasteiger partial charge < -0.3 is 9.84 Å². The molecule has 1 saturated heterocycles. The van der Waals surface area contributed by atoms with E-state index in [2.05, 4.69) is 9.88 Å². The second kappa shape index (κ2) is 7.34. The normalized spacial score (nSPS) is 20.2. The van der Waals surface area contributed by atoms with Crippen LogP contribution in [0.4, 0.5) is 0 Å². The number of aliphatic hydroxyl groups excluding tert-OH is 1. The lowest BCUT2D eigenvalue weighted by Gasteiger charge is -2.16. The molecule has 1 fully saturated rings. The van der Waals surface area contributed by atoms with E-state index in [0.29, 0.717) is 12.7 Å². The van der Waals surface area contributed by atoms with Gasteiger partial charge in [-0.1, -0.05) is 0 Å². The van der Waals surface area contributed by atoms with Gasteiger partial charge in [0.15, 0.2) is 0 Å². The van der Waals surface area contributed by atoms with E-state index in [4.69, 9.17) is 9.84 Å². The summed E-state index contributed by atoms with van der Waals surface area (Å²) in [5.74, 6) is 0.914. The number of rotatable bonds is 7. The first kappa shape index (κ1) is 13.3. The molecule has 4 heteroatoms. The average Bonchev–Trinajstić information content (AvgIpc) is 2.84. The highest BCUT2D eigenvalue weighted by Gasteiger charge is 2.23. The van der Waals surface area contributed by atoms with Crippen LogP contribution in [0.2, 0.25) is 0 Å². The van der Waals surface area contributed by atoms with Crippen molar-refractivity contribution in [2.75, 3.05) is 26.2 Å². The maximum absolute atomic E-state index is 8.73. The van der Waals surface area contributed by atoms with Crippen molar-refractivity contribution in [3.63, 3.8) is 0 Å². The lowest BCUT2D eigenvalue weighted by molar-refractivity contribution is 0.198. The van der Waals surface area contributed by atoms with Crippen molar-refractivity contribution in [2.45, 2.75) is 31.8 Å². The Morgan fingerprint density at radius 3 is 2.89 bits per heavy atom. The standard InChI is InChI=1S/C14H22N2O2/c17-11-3-1-2-9-16-10-6-14(12-16)18-13-4-7-15-8-5-13/h4-5,7-8,14,17H,1-3,6,9-12H2. The third-order valence-electron chi connectivity index (χ3n) is 3.31. The van der Waals surface area contributed by atoms with Gasteiger partial charge in [-0.15, -0.1) is 0 Å². The number of pyridine rings is 1. The largest absolute Gasteiger partial charge is 0.489 e. The predicted molar refractivity (Wildman–Crippen MR) is 70.6 cm³/mol. The van der Waals surface area contributed by atoms with Gasteiger partial charge in [-0.3, -0.25) is 9.88 Å². The van der Waals surface area contributed by atoms with Crippen LogP contribution in [0.25, 0.3) is 0 Å². The summed E-state index contributed by atoms with van der Waals surface area (Å²) >= 11 is 0. The summed E-state index contributed by atoms with van der Waals surface area (Å²) in [6, 6.07) is 3.81. The highest BCUT2D eigenvalue weighted by Crippen LogP contribution is 2.17. The summed E-state index contributed by atoms with van der Waals surface area (Å²) in [7, 11) is 0. The summed E-state index contributed by atoms with van der Waals surface area (Å²) in [6.45, 7) is 3.57. The van der Waals surface area contributed by atoms with Gasteiger partial charge in [0.2, 0.25) is 0 Å². The monoisotopic (exact) mass is 250 g/mol. The van der Waals surface area contributed by atoms with Gasteiger partial charge in [0.05, 0.1) is 0 Å². The predicted octanol–water partition coefficient (Wildman–Crippen LogP) is 1.70. The van der Waals surface area contributed by atoms with Crippen molar-refractivity contribution in [1.29, 1.82) is 0 Å². The molecule has 1 unspecified atom stereocenters. The lowest BCUT2D eigenvalue weighted by Crippen LogP contribution is -2.25. The molecule has 2 rings (SSSR count). The Bertz CT molecular complexity index is 332. The fraction of sp³-hybridized carbons (Fsp3) is 0.643. The molecule has 1 aromatic heterocycles. The zero-order valence-electron chi connectivity index (χ0n) is 10.8. The Morgan fingerprint density at radius 2 is 2.11 bits per heavy atom. The van der Waals surface area contributed by atoms with Crippen LogP contribution in [0.1, 0.15) is 25.7 Å². The number of unbranched alkanes of at least 4 members (excludes halogenated alkanes) is 2. The van der Waals surface area contributed by atoms with Crippen LogP contribution in [0.15, 0.2) is 24.5 Å². The zero-order chi connectivity index (χ0) is 12.6. The molecule has 1 aromatic rings. The molecule has 1 aliphatic rings. The second-order valence-electron chi connectivity index (χ2n) is 4.80. The van der Waals surface area contributed by atoms with E-state index in [9.17, 15) is 0 Å². The molecule has 0 radical (unpaired) electrons. The molecular weight excluding hydrogens is 228 g/mol. The van der Waals surface area contributed by atoms with Crippen LogP contribution in [-0.4, -0.2) is 47.3 Å². The zero-order valence-corrected chi connectivity index (χ0v) is 10.8. The van der Waals surface area contributed by atoms with E-state index in [1.54, 1.807) is 12.4 Å². The van der Waals surface area contributed by atoms with Crippen LogP contribution in [-0.2, 0) is 0 Å². The number of aliphatic hydroxyl groups is 1. The third-order valence-corrected chi connectivity index (χ3v) is 3.31. The molecule has 0 saturated carbocycles. The van der Waals surface area contributed by atoms with Crippen LogP contribution in [0, 0.1) is 0 Å². The summed E-state index contributed by atoms with van der Waals surface area (Å²) in [4.78, 5) is 6.43. The van der Waals surface area contributed by atoms with Gasteiger partial charge in [-0.2, -0.15) is 0 Å². The molecule has 1 aliphatic heterocycles. The number of likely N-dealkylation sites (tertiary alicyclic amines) is 1. The SMILES string of the molecule is OCCCCCN1CCC(Oc2ccncc2)C1. The van der Waals surface area contributed by atoms with E-state index in [1.807, 2.05) is 12.1 Å². The van der Waals surface area contributed by atoms with E-state index in [1.165, 1.54) is 6.42 Å². The highest BCUT2D eigenvalue weighted by atomic mass is 16.5. The smallest absolute Gasteiger partial charge is 0.122 e. The fourth-order valence-electron chi connectivity index (χ4n) is 2.33. The number of ether oxygens (including phenoxy) is 1. The Kier molecular flexibility index (Phi) is 5.42. The van der Waals surface area contributed by atoms with Crippen molar-refractivity contribution >= 4 is 0 Å². The first-order valence-corrected chi connectivity index (χ1v) is 6.78. The summed E-state index contributed by atoms with van der Waals surface area (Å²) in [5, 5.41) is 8.73. The molecular formula is C14H22N2O2. The van der Waals surface area contributed by atoms with Gasteiger partial charge >= 0.3 is 0 Å². The van der Waals surface area contributed by atoms with Gasteiger partial charge in [-0.05, 0) is 44.4 Å². The summed E-state index contributed by atoms with van der Waals surface area (Å²) in [5.41, 5.74) is 0. The fourth-order valence-corrected chi connectivity index (χ4v) is 2.33. The number of hydrogen-bond acceptors (Lipinski definition) is 4. The maximum atomic E-state index is 8.73. The number of nitrogens with zero attached hydrogens (tertiary/aromatic N) is 2. The Morgan fingerprint density at radius 1 is 1.28 bits per heavy atom. The average molecular weight is 250 g/mol. The summed E-state index contributed by atoms with van der Waals surface area (Å²) < 4.78 is 5.91. The molecule has 1 atom stereocenters. The Hall–Kier alpha value is -1.13. The molecule has 4 nitrogen and oxygen atoms in total. The van der Waals surface area contributed by atoms with Crippen molar-refractivity contribution < 1.29 is 9.84 Å². The topological polar surface area (TPSA) is 45.6 Å². The lowest BCUT2D eigenvalue weighted by atomic mass is 10.2. The van der Waals surface area contributed by atoms with Crippen LogP contribution in [0.5, 0.6) is 5.75 Å². The highest BCUT2D eigenvalue weighted by molar-refractivity contribution is 5.17. The van der Waals surface area contributed by atoms with Gasteiger partial charge in [0, 0.05) is 32.1 Å². The maximum Gasteiger partial charge on any atom is 0.122 e. The molecule has 18 heavy (non-hydrogen) atoms. The van der Waals surface area contributed by atoms with E-state index in [0.717, 1.165) is 44.6 Å². The minimum Gasteiger partial charge on any atom is -0.489 e. The Balaban J connectivity index is 1.65. The van der Waals surface area contributed by atoms with Crippen molar-refractivity contribution in [3.05, 3.63) is 24.5 Å². The minimum atomic E-state index is 0.310. The second-order valence-corrected chi connectivity index (χ2v) is 4.80. The molecule has 1 N–H and O–H groups in total. The van der Waals surface area contributed by atoms with Gasteiger partial charge in [0.25, 0.3) is 0 Å². The van der Waals surface area contributed by atoms with Crippen molar-refractivity contribution in [2.24, 2.45) is 0 Å². The molecule has 0 spiro atoms. The van der Waals surface area contributed by atoms with Crippen molar-refractivity contribution in [1.82, 2.24) is 9.88 Å². The number of hydrogen-bond donors (Lipinski definition) is 1. The van der Waals surface area contributed by atoms with Crippen LogP contribution < -0.4 is 4.74 Å². The van der Waals surface area contributed by atoms with Crippen molar-refractivity contribution in [3.8, 4) is 5.75 Å². The Labute approximate surface area is 109 Å². The molecule has 100 valence electrons.